The van der Waals surface area contributed by atoms with Crippen LogP contribution in [0.2, 0.25) is 15.1 Å². The lowest BCUT2D eigenvalue weighted by molar-refractivity contribution is -0.120. The topological polar surface area (TPSA) is 54.9 Å². The number of carbonyl (C=O) groups excluding carboxylic acids is 1. The van der Waals surface area contributed by atoms with Crippen LogP contribution in [0.3, 0.4) is 0 Å². The Balaban J connectivity index is 0.00000324. The summed E-state index contributed by atoms with van der Waals surface area (Å²) in [5.41, 5.74) is 1.83. The zero-order valence-electron chi connectivity index (χ0n) is 18.6. The lowest BCUT2D eigenvalue weighted by atomic mass is 10.2. The summed E-state index contributed by atoms with van der Waals surface area (Å²) in [7, 11) is 0. The number of halogens is 4. The van der Waals surface area contributed by atoms with E-state index in [1.165, 1.54) is 11.3 Å². The molecule has 1 amide bonds. The molecule has 2 aromatic carbocycles. The van der Waals surface area contributed by atoms with E-state index in [1.54, 1.807) is 23.1 Å². The molecule has 1 aromatic heterocycles. The molecule has 0 spiro atoms. The van der Waals surface area contributed by atoms with Crippen molar-refractivity contribution >= 4 is 79.8 Å². The van der Waals surface area contributed by atoms with Gasteiger partial charge in [-0.2, -0.15) is 0 Å². The monoisotopic (exact) mass is 563 g/mol. The van der Waals surface area contributed by atoms with Crippen LogP contribution >= 0.6 is 58.5 Å². The lowest BCUT2D eigenvalue weighted by Crippen LogP contribution is -2.40. The second-order valence-corrected chi connectivity index (χ2v) is 10.1. The van der Waals surface area contributed by atoms with Gasteiger partial charge >= 0.3 is 0 Å². The molecule has 0 saturated carbocycles. The van der Waals surface area contributed by atoms with Crippen LogP contribution in [-0.4, -0.2) is 61.8 Å². The van der Waals surface area contributed by atoms with E-state index in [-0.39, 0.29) is 24.9 Å². The van der Waals surface area contributed by atoms with Crippen LogP contribution in [0.15, 0.2) is 30.3 Å². The van der Waals surface area contributed by atoms with Gasteiger partial charge in [0, 0.05) is 36.2 Å². The third-order valence-corrected chi connectivity index (χ3v) is 7.15. The third kappa shape index (κ3) is 6.88. The molecule has 1 saturated heterocycles. The number of nitrogens with zero attached hydrogens (tertiary/aromatic N) is 3. The summed E-state index contributed by atoms with van der Waals surface area (Å²) in [5.74, 6) is 0.223. The molecular formula is C23H25Cl4N3O3S. The van der Waals surface area contributed by atoms with Gasteiger partial charge in [0.25, 0.3) is 5.91 Å². The molecule has 34 heavy (non-hydrogen) atoms. The molecule has 3 aromatic rings. The zero-order valence-corrected chi connectivity index (χ0v) is 22.5. The van der Waals surface area contributed by atoms with Crippen molar-refractivity contribution in [3.05, 3.63) is 51.0 Å². The van der Waals surface area contributed by atoms with E-state index in [0.29, 0.717) is 32.5 Å². The maximum atomic E-state index is 13.2. The van der Waals surface area contributed by atoms with Crippen molar-refractivity contribution in [3.8, 4) is 5.75 Å². The largest absolute Gasteiger partial charge is 0.482 e. The Hall–Kier alpha value is -1.32. The first-order valence-corrected chi connectivity index (χ1v) is 12.6. The maximum Gasteiger partial charge on any atom is 0.266 e. The fourth-order valence-electron chi connectivity index (χ4n) is 3.67. The highest BCUT2D eigenvalue weighted by Crippen LogP contribution is 2.33. The van der Waals surface area contributed by atoms with Gasteiger partial charge in [-0.3, -0.25) is 14.6 Å². The van der Waals surface area contributed by atoms with E-state index in [9.17, 15) is 4.79 Å². The molecule has 0 N–H and O–H groups in total. The molecule has 1 aliphatic rings. The molecular weight excluding hydrogens is 540 g/mol. The van der Waals surface area contributed by atoms with Gasteiger partial charge in [-0.15, -0.1) is 12.4 Å². The predicted molar refractivity (Wildman–Crippen MR) is 143 cm³/mol. The van der Waals surface area contributed by atoms with E-state index in [4.69, 9.17) is 49.3 Å². The number of aromatic nitrogens is 1. The molecule has 0 atom stereocenters. The van der Waals surface area contributed by atoms with Crippen LogP contribution in [-0.2, 0) is 9.53 Å². The van der Waals surface area contributed by atoms with E-state index >= 15 is 0 Å². The van der Waals surface area contributed by atoms with E-state index in [2.05, 4.69) is 4.90 Å². The summed E-state index contributed by atoms with van der Waals surface area (Å²) in [6, 6.07) is 8.68. The Morgan fingerprint density at radius 3 is 2.68 bits per heavy atom. The highest BCUT2D eigenvalue weighted by atomic mass is 35.5. The number of thiazole rings is 1. The number of amides is 1. The first-order valence-electron chi connectivity index (χ1n) is 10.7. The van der Waals surface area contributed by atoms with Crippen LogP contribution in [0.1, 0.15) is 12.0 Å². The number of aryl methyl sites for hydroxylation is 1. The fraction of sp³-hybridized carbons (Fsp3) is 0.391. The van der Waals surface area contributed by atoms with Crippen molar-refractivity contribution in [1.82, 2.24) is 9.88 Å². The summed E-state index contributed by atoms with van der Waals surface area (Å²) in [4.78, 5) is 22.0. The van der Waals surface area contributed by atoms with Crippen molar-refractivity contribution in [3.63, 3.8) is 0 Å². The van der Waals surface area contributed by atoms with E-state index in [0.717, 1.165) is 55.0 Å². The Labute approximate surface area is 224 Å². The Bertz CT molecular complexity index is 1140. The summed E-state index contributed by atoms with van der Waals surface area (Å²) in [6.07, 6.45) is 0.809. The van der Waals surface area contributed by atoms with Gasteiger partial charge in [0.05, 0.1) is 28.5 Å². The van der Waals surface area contributed by atoms with Crippen LogP contribution in [0, 0.1) is 6.92 Å². The van der Waals surface area contributed by atoms with Gasteiger partial charge in [-0.25, -0.2) is 4.98 Å². The summed E-state index contributed by atoms with van der Waals surface area (Å²) < 4.78 is 12.1. The SMILES string of the molecule is Cc1cc(Cl)cc2sc(N(CCCN3CCOCC3)C(=O)COc3ccc(Cl)cc3Cl)nc12.Cl. The van der Waals surface area contributed by atoms with Gasteiger partial charge < -0.3 is 9.47 Å². The molecule has 6 nitrogen and oxygen atoms in total. The smallest absolute Gasteiger partial charge is 0.266 e. The normalized spacial score (nSPS) is 14.1. The average molecular weight is 565 g/mol. The Kier molecular flexibility index (Phi) is 10.1. The summed E-state index contributed by atoms with van der Waals surface area (Å²) >= 11 is 19.8. The number of fused-ring (bicyclic) bond motifs is 1. The first-order chi connectivity index (χ1) is 15.9. The third-order valence-electron chi connectivity index (χ3n) is 5.38. The second kappa shape index (κ2) is 12.6. The van der Waals surface area contributed by atoms with Crippen molar-refractivity contribution in [2.45, 2.75) is 13.3 Å². The molecule has 1 aliphatic heterocycles. The predicted octanol–water partition coefficient (Wildman–Crippen LogP) is 6.12. The standard InChI is InChI=1S/C23H24Cl3N3O3S.ClH/c1-15-11-17(25)13-20-22(15)27-23(33-20)29(6-2-5-28-7-9-31-10-8-28)21(30)14-32-19-4-3-16(24)12-18(19)26;/h3-4,11-13H,2,5-10,14H2,1H3;1H. The van der Waals surface area contributed by atoms with Gasteiger partial charge in [0.2, 0.25) is 0 Å². The highest BCUT2D eigenvalue weighted by molar-refractivity contribution is 7.22. The van der Waals surface area contributed by atoms with Crippen LogP contribution in [0.4, 0.5) is 5.13 Å². The Morgan fingerprint density at radius 1 is 1.18 bits per heavy atom. The maximum absolute atomic E-state index is 13.2. The van der Waals surface area contributed by atoms with Gasteiger partial charge in [0.15, 0.2) is 11.7 Å². The Morgan fingerprint density at radius 2 is 1.94 bits per heavy atom. The van der Waals surface area contributed by atoms with Crippen LogP contribution in [0.5, 0.6) is 5.75 Å². The van der Waals surface area contributed by atoms with Crippen LogP contribution in [0.25, 0.3) is 10.2 Å². The van der Waals surface area contributed by atoms with Crippen molar-refractivity contribution < 1.29 is 14.3 Å². The minimum Gasteiger partial charge on any atom is -0.482 e. The van der Waals surface area contributed by atoms with Gasteiger partial charge in [-0.05, 0) is 49.2 Å². The van der Waals surface area contributed by atoms with Gasteiger partial charge in [0.1, 0.15) is 5.75 Å². The number of morpholine rings is 1. The van der Waals surface area contributed by atoms with Crippen molar-refractivity contribution in [2.24, 2.45) is 0 Å². The van der Waals surface area contributed by atoms with Crippen molar-refractivity contribution in [2.75, 3.05) is 50.9 Å². The van der Waals surface area contributed by atoms with E-state index in [1.807, 2.05) is 19.1 Å². The molecule has 0 unspecified atom stereocenters. The highest BCUT2D eigenvalue weighted by Gasteiger charge is 2.22. The average Bonchev–Trinajstić information content (AvgIpc) is 3.20. The van der Waals surface area contributed by atoms with Crippen molar-refractivity contribution in [1.29, 1.82) is 0 Å². The zero-order chi connectivity index (χ0) is 23.4. The minimum absolute atomic E-state index is 0. The van der Waals surface area contributed by atoms with E-state index < -0.39 is 0 Å². The quantitative estimate of drug-likeness (QED) is 0.330. The number of ether oxygens (including phenoxy) is 2. The number of rotatable bonds is 8. The number of benzene rings is 2. The number of hydrogen-bond donors (Lipinski definition) is 0. The van der Waals surface area contributed by atoms with Crippen LogP contribution < -0.4 is 9.64 Å². The molecule has 2 heterocycles. The summed E-state index contributed by atoms with van der Waals surface area (Å²) in [5, 5.41) is 2.15. The minimum atomic E-state index is -0.189. The number of anilines is 1. The molecule has 4 rings (SSSR count). The fourth-order valence-corrected chi connectivity index (χ4v) is 5.60. The molecule has 0 radical (unpaired) electrons. The molecule has 11 heteroatoms. The second-order valence-electron chi connectivity index (χ2n) is 7.78. The first kappa shape index (κ1) is 27.3. The van der Waals surface area contributed by atoms with Gasteiger partial charge in [-0.1, -0.05) is 46.1 Å². The molecule has 1 fully saturated rings. The lowest BCUT2D eigenvalue weighted by Gasteiger charge is -2.27. The molecule has 0 aliphatic carbocycles. The molecule has 0 bridgehead atoms. The molecule has 184 valence electrons. The number of hydrogen-bond acceptors (Lipinski definition) is 6. The number of carbonyl (C=O) groups is 1. The summed E-state index contributed by atoms with van der Waals surface area (Å²) in [6.45, 7) is 6.53.